The standard InChI is InChI=1S/C19H26BrFN4/c1-22-19(25-12-8-17(14-25)24-10-2-3-11-24)23-9-4-5-15-6-7-16(20)13-18(15)21/h2-3,6-7,13,17H,4-5,8-12,14H2,1H3,(H,22,23). The molecule has 0 aromatic heterocycles. The number of hydrogen-bond acceptors (Lipinski definition) is 2. The van der Waals surface area contributed by atoms with E-state index >= 15 is 0 Å². The Morgan fingerprint density at radius 1 is 1.36 bits per heavy atom. The summed E-state index contributed by atoms with van der Waals surface area (Å²) in [4.78, 5) is 9.28. The molecule has 1 N–H and O–H groups in total. The van der Waals surface area contributed by atoms with Gasteiger partial charge in [0.2, 0.25) is 0 Å². The van der Waals surface area contributed by atoms with Gasteiger partial charge in [-0.05, 0) is 37.0 Å². The van der Waals surface area contributed by atoms with E-state index in [2.05, 4.69) is 48.2 Å². The number of rotatable bonds is 5. The highest BCUT2D eigenvalue weighted by Crippen LogP contribution is 2.18. The Kier molecular flexibility index (Phi) is 6.48. The van der Waals surface area contributed by atoms with Crippen molar-refractivity contribution in [3.8, 4) is 0 Å². The molecule has 0 bridgehead atoms. The van der Waals surface area contributed by atoms with Crippen LogP contribution in [-0.4, -0.2) is 61.6 Å². The molecule has 0 amide bonds. The summed E-state index contributed by atoms with van der Waals surface area (Å²) in [5, 5.41) is 3.43. The molecule has 1 unspecified atom stereocenters. The normalized spacial score (nSPS) is 21.3. The van der Waals surface area contributed by atoms with E-state index in [4.69, 9.17) is 0 Å². The van der Waals surface area contributed by atoms with Gasteiger partial charge in [0.1, 0.15) is 5.82 Å². The van der Waals surface area contributed by atoms with E-state index in [1.54, 1.807) is 0 Å². The number of benzene rings is 1. The van der Waals surface area contributed by atoms with Crippen LogP contribution in [0.2, 0.25) is 0 Å². The average molecular weight is 409 g/mol. The Labute approximate surface area is 157 Å². The zero-order valence-corrected chi connectivity index (χ0v) is 16.3. The summed E-state index contributed by atoms with van der Waals surface area (Å²) in [6, 6.07) is 5.88. The van der Waals surface area contributed by atoms with Gasteiger partial charge in [-0.1, -0.05) is 34.1 Å². The average Bonchev–Trinajstić information content (AvgIpc) is 3.27. The summed E-state index contributed by atoms with van der Waals surface area (Å²) in [7, 11) is 1.83. The highest BCUT2D eigenvalue weighted by molar-refractivity contribution is 9.10. The quantitative estimate of drug-likeness (QED) is 0.351. The van der Waals surface area contributed by atoms with Gasteiger partial charge in [0.15, 0.2) is 5.96 Å². The Hall–Kier alpha value is -1.40. The maximum absolute atomic E-state index is 13.8. The van der Waals surface area contributed by atoms with Gasteiger partial charge in [-0.2, -0.15) is 0 Å². The SMILES string of the molecule is CN=C(NCCCc1ccc(Br)cc1F)N1CCC(N2CC=CC2)C1. The van der Waals surface area contributed by atoms with Crippen molar-refractivity contribution in [3.63, 3.8) is 0 Å². The van der Waals surface area contributed by atoms with Gasteiger partial charge in [-0.25, -0.2) is 4.39 Å². The van der Waals surface area contributed by atoms with E-state index in [0.717, 1.165) is 61.6 Å². The Morgan fingerprint density at radius 2 is 2.16 bits per heavy atom. The van der Waals surface area contributed by atoms with Gasteiger partial charge in [0, 0.05) is 50.3 Å². The molecule has 2 heterocycles. The molecule has 1 aromatic rings. The van der Waals surface area contributed by atoms with Crippen LogP contribution in [0.4, 0.5) is 4.39 Å². The van der Waals surface area contributed by atoms with Crippen molar-refractivity contribution >= 4 is 21.9 Å². The van der Waals surface area contributed by atoms with Gasteiger partial charge in [0.05, 0.1) is 0 Å². The van der Waals surface area contributed by atoms with Crippen molar-refractivity contribution in [2.75, 3.05) is 39.8 Å². The maximum Gasteiger partial charge on any atom is 0.193 e. The third kappa shape index (κ3) is 4.82. The van der Waals surface area contributed by atoms with Crippen LogP contribution >= 0.6 is 15.9 Å². The lowest BCUT2D eigenvalue weighted by molar-refractivity contribution is 0.259. The molecule has 3 rings (SSSR count). The van der Waals surface area contributed by atoms with E-state index in [-0.39, 0.29) is 5.82 Å². The van der Waals surface area contributed by atoms with Crippen molar-refractivity contribution < 1.29 is 4.39 Å². The van der Waals surface area contributed by atoms with Crippen LogP contribution in [0.1, 0.15) is 18.4 Å². The van der Waals surface area contributed by atoms with Gasteiger partial charge in [-0.15, -0.1) is 0 Å². The summed E-state index contributed by atoms with van der Waals surface area (Å²) >= 11 is 3.29. The molecule has 0 aliphatic carbocycles. The number of likely N-dealkylation sites (tertiary alicyclic amines) is 1. The molecule has 1 fully saturated rings. The summed E-state index contributed by atoms with van der Waals surface area (Å²) < 4.78 is 14.6. The third-order valence-electron chi connectivity index (χ3n) is 4.96. The van der Waals surface area contributed by atoms with Crippen molar-refractivity contribution in [1.82, 2.24) is 15.1 Å². The summed E-state index contributed by atoms with van der Waals surface area (Å²) in [5.41, 5.74) is 0.766. The van der Waals surface area contributed by atoms with Crippen LogP contribution in [0.3, 0.4) is 0 Å². The van der Waals surface area contributed by atoms with Gasteiger partial charge in [0.25, 0.3) is 0 Å². The fourth-order valence-corrected chi connectivity index (χ4v) is 3.89. The molecule has 1 atom stereocenters. The van der Waals surface area contributed by atoms with E-state index in [1.807, 2.05) is 19.2 Å². The lowest BCUT2D eigenvalue weighted by Crippen LogP contribution is -2.43. The molecular formula is C19H26BrFN4. The van der Waals surface area contributed by atoms with E-state index in [9.17, 15) is 4.39 Å². The second-order valence-corrected chi connectivity index (χ2v) is 7.54. The Morgan fingerprint density at radius 3 is 2.88 bits per heavy atom. The molecule has 1 aromatic carbocycles. The second-order valence-electron chi connectivity index (χ2n) is 6.63. The summed E-state index contributed by atoms with van der Waals surface area (Å²) in [6.07, 6.45) is 7.29. The number of halogens is 2. The first-order valence-electron chi connectivity index (χ1n) is 8.96. The predicted octanol–water partition coefficient (Wildman–Crippen LogP) is 3.04. The zero-order chi connectivity index (χ0) is 17.6. The van der Waals surface area contributed by atoms with Crippen LogP contribution in [0.5, 0.6) is 0 Å². The van der Waals surface area contributed by atoms with Crippen LogP contribution < -0.4 is 5.32 Å². The molecule has 0 saturated carbocycles. The highest BCUT2D eigenvalue weighted by atomic mass is 79.9. The fourth-order valence-electron chi connectivity index (χ4n) is 3.56. The lowest BCUT2D eigenvalue weighted by atomic mass is 10.1. The Balaban J connectivity index is 1.42. The molecule has 2 aliphatic rings. The van der Waals surface area contributed by atoms with Gasteiger partial charge < -0.3 is 10.2 Å². The fraction of sp³-hybridized carbons (Fsp3) is 0.526. The number of nitrogens with zero attached hydrogens (tertiary/aromatic N) is 3. The topological polar surface area (TPSA) is 30.9 Å². The monoisotopic (exact) mass is 408 g/mol. The number of hydrogen-bond donors (Lipinski definition) is 1. The van der Waals surface area contributed by atoms with E-state index in [1.165, 1.54) is 12.5 Å². The first kappa shape index (κ1) is 18.4. The van der Waals surface area contributed by atoms with Gasteiger partial charge >= 0.3 is 0 Å². The third-order valence-corrected chi connectivity index (χ3v) is 5.45. The number of aliphatic imine (C=N–C) groups is 1. The largest absolute Gasteiger partial charge is 0.356 e. The van der Waals surface area contributed by atoms with Crippen molar-refractivity contribution in [1.29, 1.82) is 0 Å². The van der Waals surface area contributed by atoms with E-state index in [0.29, 0.717) is 6.04 Å². The van der Waals surface area contributed by atoms with Crippen molar-refractivity contribution in [3.05, 3.63) is 46.2 Å². The highest BCUT2D eigenvalue weighted by Gasteiger charge is 2.29. The molecule has 0 spiro atoms. The smallest absolute Gasteiger partial charge is 0.193 e. The van der Waals surface area contributed by atoms with Crippen molar-refractivity contribution in [2.45, 2.75) is 25.3 Å². The zero-order valence-electron chi connectivity index (χ0n) is 14.7. The molecular weight excluding hydrogens is 383 g/mol. The lowest BCUT2D eigenvalue weighted by Gasteiger charge is -2.25. The maximum atomic E-state index is 13.8. The minimum absolute atomic E-state index is 0.139. The molecule has 136 valence electrons. The number of aryl methyl sites for hydroxylation is 1. The van der Waals surface area contributed by atoms with Crippen LogP contribution in [-0.2, 0) is 6.42 Å². The molecule has 0 radical (unpaired) electrons. The predicted molar refractivity (Wildman–Crippen MR) is 104 cm³/mol. The molecule has 4 nitrogen and oxygen atoms in total. The van der Waals surface area contributed by atoms with Crippen LogP contribution in [0, 0.1) is 5.82 Å². The molecule has 2 aliphatic heterocycles. The van der Waals surface area contributed by atoms with Crippen LogP contribution in [0.25, 0.3) is 0 Å². The van der Waals surface area contributed by atoms with Crippen LogP contribution in [0.15, 0.2) is 39.8 Å². The molecule has 6 heteroatoms. The molecule has 25 heavy (non-hydrogen) atoms. The van der Waals surface area contributed by atoms with Gasteiger partial charge in [-0.3, -0.25) is 9.89 Å². The minimum atomic E-state index is -0.139. The number of nitrogens with one attached hydrogen (secondary N) is 1. The van der Waals surface area contributed by atoms with E-state index < -0.39 is 0 Å². The first-order chi connectivity index (χ1) is 12.2. The first-order valence-corrected chi connectivity index (χ1v) is 9.75. The molecule has 1 saturated heterocycles. The minimum Gasteiger partial charge on any atom is -0.356 e. The summed E-state index contributed by atoms with van der Waals surface area (Å²) in [6.45, 7) is 5.02. The van der Waals surface area contributed by atoms with Crippen molar-refractivity contribution in [2.24, 2.45) is 4.99 Å². The number of guanidine groups is 1. The summed E-state index contributed by atoms with van der Waals surface area (Å²) in [5.74, 6) is 0.825. The Bertz CT molecular complexity index is 638. The second kappa shape index (κ2) is 8.81.